The van der Waals surface area contributed by atoms with Crippen molar-refractivity contribution in [1.29, 1.82) is 0 Å². The molecule has 0 aliphatic heterocycles. The van der Waals surface area contributed by atoms with E-state index in [1.54, 1.807) is 0 Å². The molecule has 0 fully saturated rings. The van der Waals surface area contributed by atoms with Crippen molar-refractivity contribution in [2.75, 3.05) is 7.05 Å². The van der Waals surface area contributed by atoms with E-state index in [-0.39, 0.29) is 0 Å². The average molecular weight is 444 g/mol. The van der Waals surface area contributed by atoms with Gasteiger partial charge >= 0.3 is 5.76 Å². The van der Waals surface area contributed by atoms with E-state index in [4.69, 9.17) is 9.52 Å². The van der Waals surface area contributed by atoms with Crippen LogP contribution in [-0.4, -0.2) is 31.5 Å². The quantitative estimate of drug-likeness (QED) is 0.370. The second-order valence-corrected chi connectivity index (χ2v) is 8.40. The van der Waals surface area contributed by atoms with E-state index in [2.05, 4.69) is 17.2 Å². The number of thiophene rings is 1. The van der Waals surface area contributed by atoms with Crippen molar-refractivity contribution in [3.63, 3.8) is 0 Å². The molecule has 0 saturated heterocycles. The summed E-state index contributed by atoms with van der Waals surface area (Å²) in [5.41, 5.74) is 4.00. The topological polar surface area (TPSA) is 69.1 Å². The fourth-order valence-electron chi connectivity index (χ4n) is 3.54. The lowest BCUT2D eigenvalue weighted by atomic mass is 10.1. The van der Waals surface area contributed by atoms with Crippen molar-refractivity contribution >= 4 is 11.3 Å². The normalized spacial score (nSPS) is 11.3. The van der Waals surface area contributed by atoms with Crippen molar-refractivity contribution in [3.8, 4) is 27.7 Å². The van der Waals surface area contributed by atoms with Gasteiger partial charge in [-0.1, -0.05) is 54.6 Å². The van der Waals surface area contributed by atoms with E-state index in [0.717, 1.165) is 27.4 Å². The van der Waals surface area contributed by atoms with Gasteiger partial charge in [0.05, 0.1) is 16.3 Å². The van der Waals surface area contributed by atoms with Gasteiger partial charge in [0.15, 0.2) is 0 Å². The Labute approximate surface area is 188 Å². The van der Waals surface area contributed by atoms with Crippen molar-refractivity contribution in [2.24, 2.45) is 0 Å². The number of rotatable bonds is 7. The highest BCUT2D eigenvalue weighted by atomic mass is 32.1. The zero-order valence-corrected chi connectivity index (χ0v) is 18.3. The molecule has 0 spiro atoms. The van der Waals surface area contributed by atoms with Crippen LogP contribution in [0.25, 0.3) is 27.7 Å². The Hall–Kier alpha value is -3.75. The minimum Gasteiger partial charge on any atom is -0.387 e. The minimum atomic E-state index is -0.469. The molecule has 7 nitrogen and oxygen atoms in total. The Morgan fingerprint density at radius 2 is 1.72 bits per heavy atom. The molecule has 0 amide bonds. The van der Waals surface area contributed by atoms with Crippen molar-refractivity contribution in [3.05, 3.63) is 100 Å². The van der Waals surface area contributed by atoms with Gasteiger partial charge in [-0.15, -0.1) is 16.4 Å². The number of para-hydroxylation sites is 1. The van der Waals surface area contributed by atoms with Gasteiger partial charge in [0, 0.05) is 23.9 Å². The molecule has 0 aliphatic carbocycles. The van der Waals surface area contributed by atoms with Crippen molar-refractivity contribution in [1.82, 2.24) is 24.5 Å². The molecule has 5 rings (SSSR count). The van der Waals surface area contributed by atoms with E-state index >= 15 is 0 Å². The summed E-state index contributed by atoms with van der Waals surface area (Å²) in [6, 6.07) is 23.9. The first-order chi connectivity index (χ1) is 15.7. The second kappa shape index (κ2) is 8.78. The summed E-state index contributed by atoms with van der Waals surface area (Å²) < 4.78 is 8.57. The van der Waals surface area contributed by atoms with Crippen LogP contribution in [0, 0.1) is 0 Å². The lowest BCUT2D eigenvalue weighted by molar-refractivity contribution is 0.237. The van der Waals surface area contributed by atoms with Crippen LogP contribution in [-0.2, 0) is 13.2 Å². The lowest BCUT2D eigenvalue weighted by Crippen LogP contribution is -2.28. The third-order valence-corrected chi connectivity index (χ3v) is 5.87. The maximum atomic E-state index is 12.3. The number of nitrogens with zero attached hydrogens (tertiary/aromatic N) is 5. The first kappa shape index (κ1) is 20.2. The van der Waals surface area contributed by atoms with Gasteiger partial charge in [0.25, 0.3) is 5.89 Å². The molecular weight excluding hydrogens is 422 g/mol. The van der Waals surface area contributed by atoms with Gasteiger partial charge in [-0.2, -0.15) is 9.78 Å². The summed E-state index contributed by atoms with van der Waals surface area (Å²) in [7, 11) is 1.95. The first-order valence-electron chi connectivity index (χ1n) is 10.2. The second-order valence-electron chi connectivity index (χ2n) is 7.45. The predicted molar refractivity (Wildman–Crippen MR) is 125 cm³/mol. The summed E-state index contributed by atoms with van der Waals surface area (Å²) >= 11 is 1.49. The summed E-state index contributed by atoms with van der Waals surface area (Å²) in [5, 5.41) is 11.1. The van der Waals surface area contributed by atoms with Crippen LogP contribution >= 0.6 is 11.3 Å². The van der Waals surface area contributed by atoms with E-state index in [1.165, 1.54) is 16.0 Å². The molecular formula is C24H21N5O2S. The smallest absolute Gasteiger partial charge is 0.387 e. The zero-order valence-electron chi connectivity index (χ0n) is 17.5. The van der Waals surface area contributed by atoms with Gasteiger partial charge < -0.3 is 4.42 Å². The largest absolute Gasteiger partial charge is 0.438 e. The third kappa shape index (κ3) is 4.18. The summed E-state index contributed by atoms with van der Waals surface area (Å²) in [6.45, 7) is 0.892. The Morgan fingerprint density at radius 1 is 0.969 bits per heavy atom. The molecule has 0 radical (unpaired) electrons. The van der Waals surface area contributed by atoms with Crippen LogP contribution in [0.3, 0.4) is 0 Å². The highest BCUT2D eigenvalue weighted by molar-refractivity contribution is 7.13. The molecule has 0 atom stereocenters. The molecule has 3 heterocycles. The molecule has 0 unspecified atom stereocenters. The number of benzene rings is 2. The van der Waals surface area contributed by atoms with Crippen LogP contribution in [0.1, 0.15) is 5.56 Å². The molecule has 0 N–H and O–H groups in total. The maximum absolute atomic E-state index is 12.3. The van der Waals surface area contributed by atoms with Crippen LogP contribution in [0.2, 0.25) is 0 Å². The minimum absolute atomic E-state index is 0.304. The van der Waals surface area contributed by atoms with Crippen LogP contribution in [0.4, 0.5) is 0 Å². The van der Waals surface area contributed by atoms with E-state index in [9.17, 15) is 4.79 Å². The predicted octanol–water partition coefficient (Wildman–Crippen LogP) is 4.51. The SMILES string of the molecule is CN(Cc1cn(-c2ccccc2)nc1-c1ccccc1)Cn1nc(-c2cccs2)oc1=O. The summed E-state index contributed by atoms with van der Waals surface area (Å²) in [4.78, 5) is 15.1. The highest BCUT2D eigenvalue weighted by Gasteiger charge is 2.16. The molecule has 0 bridgehead atoms. The van der Waals surface area contributed by atoms with Gasteiger partial charge in [0.1, 0.15) is 6.67 Å². The summed E-state index contributed by atoms with van der Waals surface area (Å²) in [5.74, 6) is -0.121. The van der Waals surface area contributed by atoms with Crippen LogP contribution < -0.4 is 5.76 Å². The Bertz CT molecular complexity index is 1350. The molecule has 5 aromatic rings. The van der Waals surface area contributed by atoms with Gasteiger partial charge in [-0.3, -0.25) is 4.90 Å². The molecule has 160 valence electrons. The fourth-order valence-corrected chi connectivity index (χ4v) is 4.19. The molecule has 32 heavy (non-hydrogen) atoms. The maximum Gasteiger partial charge on any atom is 0.438 e. The van der Waals surface area contributed by atoms with Gasteiger partial charge in [-0.25, -0.2) is 9.48 Å². The molecule has 8 heteroatoms. The van der Waals surface area contributed by atoms with Gasteiger partial charge in [-0.05, 0) is 30.6 Å². The fraction of sp³-hybridized carbons (Fsp3) is 0.125. The Morgan fingerprint density at radius 3 is 2.44 bits per heavy atom. The molecule has 3 aromatic heterocycles. The third-order valence-electron chi connectivity index (χ3n) is 5.01. The van der Waals surface area contributed by atoms with E-state index in [0.29, 0.717) is 19.1 Å². The Kier molecular flexibility index (Phi) is 5.53. The standard InChI is InChI=1S/C24H21N5O2S/c1-27(17-29-24(30)31-23(26-29)21-13-8-14-32-21)15-19-16-28(20-11-6-3-7-12-20)25-22(19)18-9-4-2-5-10-18/h2-14,16H,15,17H2,1H3. The lowest BCUT2D eigenvalue weighted by Gasteiger charge is -2.15. The van der Waals surface area contributed by atoms with Crippen molar-refractivity contribution < 1.29 is 4.42 Å². The first-order valence-corrected chi connectivity index (χ1v) is 11.0. The number of hydrogen-bond acceptors (Lipinski definition) is 6. The zero-order chi connectivity index (χ0) is 21.9. The highest BCUT2D eigenvalue weighted by Crippen LogP contribution is 2.25. The van der Waals surface area contributed by atoms with Crippen LogP contribution in [0.15, 0.2) is 93.6 Å². The summed E-state index contributed by atoms with van der Waals surface area (Å²) in [6.07, 6.45) is 2.04. The van der Waals surface area contributed by atoms with E-state index in [1.807, 2.05) is 88.9 Å². The van der Waals surface area contributed by atoms with Crippen molar-refractivity contribution in [2.45, 2.75) is 13.2 Å². The number of hydrogen-bond donors (Lipinski definition) is 0. The number of aromatic nitrogens is 4. The monoisotopic (exact) mass is 443 g/mol. The molecule has 0 saturated carbocycles. The molecule has 2 aromatic carbocycles. The van der Waals surface area contributed by atoms with Gasteiger partial charge in [0.2, 0.25) is 0 Å². The Balaban J connectivity index is 1.42. The molecule has 0 aliphatic rings. The van der Waals surface area contributed by atoms with Crippen LogP contribution in [0.5, 0.6) is 0 Å². The average Bonchev–Trinajstić information content (AvgIpc) is 3.56. The van der Waals surface area contributed by atoms with E-state index < -0.39 is 5.76 Å².